The molecule has 1 saturated carbocycles. The molecule has 5 heteroatoms. The van der Waals surface area contributed by atoms with E-state index < -0.39 is 0 Å². The lowest BCUT2D eigenvalue weighted by atomic mass is 9.95. The number of hydrogen-bond acceptors (Lipinski definition) is 4. The first kappa shape index (κ1) is 14.7. The van der Waals surface area contributed by atoms with Crippen molar-refractivity contribution in [3.05, 3.63) is 18.2 Å². The molecule has 1 fully saturated rings. The van der Waals surface area contributed by atoms with Crippen LogP contribution in [0.15, 0.2) is 18.2 Å². The van der Waals surface area contributed by atoms with Gasteiger partial charge in [0, 0.05) is 12.0 Å². The van der Waals surface area contributed by atoms with E-state index in [1.54, 1.807) is 32.4 Å². The Morgan fingerprint density at radius 1 is 1.35 bits per heavy atom. The lowest BCUT2D eigenvalue weighted by Gasteiger charge is -2.18. The molecule has 20 heavy (non-hydrogen) atoms. The van der Waals surface area contributed by atoms with E-state index in [9.17, 15) is 4.79 Å². The minimum atomic E-state index is 0.00630. The van der Waals surface area contributed by atoms with Gasteiger partial charge in [-0.3, -0.25) is 4.79 Å². The van der Waals surface area contributed by atoms with Crippen molar-refractivity contribution in [2.45, 2.75) is 19.3 Å². The first-order valence-electron chi connectivity index (χ1n) is 6.92. The molecule has 1 aromatic carbocycles. The summed E-state index contributed by atoms with van der Waals surface area (Å²) in [6.45, 7) is 0.567. The standard InChI is InChI=1S/C15H22N2O3/c1-19-11-6-7-13(14(8-11)20-2)17-15(18)12-5-3-4-10(12)9-16/h6-8,10,12H,3-5,9,16H2,1-2H3,(H,17,18)/t10-,12-/m1/s1. The van der Waals surface area contributed by atoms with E-state index in [2.05, 4.69) is 5.32 Å². The maximum atomic E-state index is 12.4. The lowest BCUT2D eigenvalue weighted by molar-refractivity contribution is -0.120. The van der Waals surface area contributed by atoms with Gasteiger partial charge in [-0.15, -0.1) is 0 Å². The Balaban J connectivity index is 2.11. The van der Waals surface area contributed by atoms with Gasteiger partial charge in [0.15, 0.2) is 0 Å². The molecule has 0 saturated heterocycles. The highest BCUT2D eigenvalue weighted by molar-refractivity contribution is 5.94. The predicted octanol–water partition coefficient (Wildman–Crippen LogP) is 2.02. The number of anilines is 1. The smallest absolute Gasteiger partial charge is 0.227 e. The van der Waals surface area contributed by atoms with Crippen LogP contribution in [0.5, 0.6) is 11.5 Å². The van der Waals surface area contributed by atoms with Crippen molar-refractivity contribution in [3.63, 3.8) is 0 Å². The van der Waals surface area contributed by atoms with Crippen molar-refractivity contribution in [1.29, 1.82) is 0 Å². The molecule has 5 nitrogen and oxygen atoms in total. The fourth-order valence-electron chi connectivity index (χ4n) is 2.79. The van der Waals surface area contributed by atoms with Gasteiger partial charge in [-0.2, -0.15) is 0 Å². The van der Waals surface area contributed by atoms with Crippen LogP contribution in [0.2, 0.25) is 0 Å². The average molecular weight is 278 g/mol. The van der Waals surface area contributed by atoms with Gasteiger partial charge >= 0.3 is 0 Å². The van der Waals surface area contributed by atoms with Gasteiger partial charge in [0.1, 0.15) is 11.5 Å². The molecule has 1 aliphatic rings. The topological polar surface area (TPSA) is 73.6 Å². The van der Waals surface area contributed by atoms with Gasteiger partial charge in [0.05, 0.1) is 19.9 Å². The number of benzene rings is 1. The van der Waals surface area contributed by atoms with E-state index in [-0.39, 0.29) is 11.8 Å². The van der Waals surface area contributed by atoms with Crippen LogP contribution in [0.1, 0.15) is 19.3 Å². The molecule has 0 heterocycles. The zero-order chi connectivity index (χ0) is 14.5. The van der Waals surface area contributed by atoms with E-state index in [0.29, 0.717) is 29.6 Å². The third-order valence-corrected chi connectivity index (χ3v) is 3.97. The number of rotatable bonds is 5. The number of amides is 1. The number of hydrogen-bond donors (Lipinski definition) is 2. The maximum absolute atomic E-state index is 12.4. The van der Waals surface area contributed by atoms with Crippen LogP contribution in [-0.4, -0.2) is 26.7 Å². The van der Waals surface area contributed by atoms with Gasteiger partial charge in [-0.05, 0) is 37.4 Å². The molecule has 110 valence electrons. The van der Waals surface area contributed by atoms with E-state index >= 15 is 0 Å². The fourth-order valence-corrected chi connectivity index (χ4v) is 2.79. The quantitative estimate of drug-likeness (QED) is 0.864. The summed E-state index contributed by atoms with van der Waals surface area (Å²) in [6.07, 6.45) is 3.01. The van der Waals surface area contributed by atoms with E-state index in [1.807, 2.05) is 0 Å². The van der Waals surface area contributed by atoms with Crippen molar-refractivity contribution < 1.29 is 14.3 Å². The van der Waals surface area contributed by atoms with Gasteiger partial charge < -0.3 is 20.5 Å². The number of carbonyl (C=O) groups excluding carboxylic acids is 1. The summed E-state index contributed by atoms with van der Waals surface area (Å²) >= 11 is 0. The zero-order valence-electron chi connectivity index (χ0n) is 12.0. The molecule has 3 N–H and O–H groups in total. The van der Waals surface area contributed by atoms with Crippen LogP contribution in [0.4, 0.5) is 5.69 Å². The molecule has 0 aliphatic heterocycles. The Kier molecular flexibility index (Phi) is 4.84. The maximum Gasteiger partial charge on any atom is 0.227 e. The number of nitrogens with two attached hydrogens (primary N) is 1. The normalized spacial score (nSPS) is 21.6. The molecule has 0 unspecified atom stereocenters. The Bertz CT molecular complexity index is 476. The van der Waals surface area contributed by atoms with Crippen LogP contribution in [0.25, 0.3) is 0 Å². The highest BCUT2D eigenvalue weighted by atomic mass is 16.5. The van der Waals surface area contributed by atoms with Crippen molar-refractivity contribution in [3.8, 4) is 11.5 Å². The molecule has 0 bridgehead atoms. The highest BCUT2D eigenvalue weighted by Crippen LogP contribution is 2.34. The largest absolute Gasteiger partial charge is 0.497 e. The molecular formula is C15H22N2O3. The van der Waals surface area contributed by atoms with Crippen LogP contribution in [0.3, 0.4) is 0 Å². The first-order valence-corrected chi connectivity index (χ1v) is 6.92. The van der Waals surface area contributed by atoms with Gasteiger partial charge in [-0.25, -0.2) is 0 Å². The minimum Gasteiger partial charge on any atom is -0.497 e. The van der Waals surface area contributed by atoms with Gasteiger partial charge in [0.25, 0.3) is 0 Å². The molecule has 2 rings (SSSR count). The average Bonchev–Trinajstić information content (AvgIpc) is 2.96. The summed E-state index contributed by atoms with van der Waals surface area (Å²) in [5, 5.41) is 2.94. The van der Waals surface area contributed by atoms with Crippen LogP contribution in [0, 0.1) is 11.8 Å². The van der Waals surface area contributed by atoms with Crippen molar-refractivity contribution in [1.82, 2.24) is 0 Å². The number of carbonyl (C=O) groups is 1. The Morgan fingerprint density at radius 3 is 2.80 bits per heavy atom. The molecule has 1 amide bonds. The summed E-state index contributed by atoms with van der Waals surface area (Å²) in [4.78, 5) is 12.4. The molecule has 0 radical (unpaired) electrons. The van der Waals surface area contributed by atoms with Crippen LogP contribution in [-0.2, 0) is 4.79 Å². The summed E-state index contributed by atoms with van der Waals surface area (Å²) in [7, 11) is 3.17. The second-order valence-electron chi connectivity index (χ2n) is 5.09. The number of nitrogens with one attached hydrogen (secondary N) is 1. The van der Waals surface area contributed by atoms with E-state index in [1.165, 1.54) is 0 Å². The van der Waals surface area contributed by atoms with E-state index in [4.69, 9.17) is 15.2 Å². The molecule has 0 spiro atoms. The molecule has 0 aromatic heterocycles. The van der Waals surface area contributed by atoms with Crippen LogP contribution >= 0.6 is 0 Å². The highest BCUT2D eigenvalue weighted by Gasteiger charge is 2.32. The molecular weight excluding hydrogens is 256 g/mol. The van der Waals surface area contributed by atoms with Gasteiger partial charge in [-0.1, -0.05) is 6.42 Å². The summed E-state index contributed by atoms with van der Waals surface area (Å²) in [5.41, 5.74) is 6.40. The third-order valence-electron chi connectivity index (χ3n) is 3.97. The Labute approximate surface area is 119 Å². The molecule has 1 aromatic rings. The zero-order valence-corrected chi connectivity index (χ0v) is 12.0. The predicted molar refractivity (Wildman–Crippen MR) is 78.1 cm³/mol. The fraction of sp³-hybridized carbons (Fsp3) is 0.533. The molecule has 2 atom stereocenters. The number of methoxy groups -OCH3 is 2. The molecule has 1 aliphatic carbocycles. The second kappa shape index (κ2) is 6.61. The SMILES string of the molecule is COc1ccc(NC(=O)[C@@H]2CCC[C@@H]2CN)c(OC)c1. The van der Waals surface area contributed by atoms with Crippen molar-refractivity contribution >= 4 is 11.6 Å². The van der Waals surface area contributed by atoms with Gasteiger partial charge in [0.2, 0.25) is 5.91 Å². The Morgan fingerprint density at radius 2 is 2.15 bits per heavy atom. The minimum absolute atomic E-state index is 0.00630. The summed E-state index contributed by atoms with van der Waals surface area (Å²) in [6, 6.07) is 5.35. The number of ether oxygens (including phenoxy) is 2. The Hall–Kier alpha value is -1.75. The van der Waals surface area contributed by atoms with E-state index in [0.717, 1.165) is 19.3 Å². The second-order valence-corrected chi connectivity index (χ2v) is 5.09. The third kappa shape index (κ3) is 3.04. The van der Waals surface area contributed by atoms with Crippen molar-refractivity contribution in [2.24, 2.45) is 17.6 Å². The summed E-state index contributed by atoms with van der Waals surface area (Å²) < 4.78 is 10.4. The lowest BCUT2D eigenvalue weighted by Crippen LogP contribution is -2.29. The summed E-state index contributed by atoms with van der Waals surface area (Å²) in [5.74, 6) is 1.62. The first-order chi connectivity index (χ1) is 9.69. The van der Waals surface area contributed by atoms with Crippen LogP contribution < -0.4 is 20.5 Å². The van der Waals surface area contributed by atoms with Crippen molar-refractivity contribution in [2.75, 3.05) is 26.1 Å². The monoisotopic (exact) mass is 278 g/mol.